The van der Waals surface area contributed by atoms with Gasteiger partial charge in [-0.3, -0.25) is 24.6 Å². The van der Waals surface area contributed by atoms with Gasteiger partial charge in [-0.1, -0.05) is 13.0 Å². The number of nitrogens with zero attached hydrogens (tertiary/aromatic N) is 1. The van der Waals surface area contributed by atoms with Crippen molar-refractivity contribution in [1.82, 2.24) is 4.90 Å². The number of fused-ring (bicyclic) bond motifs is 3. The number of ketones is 2. The molecule has 2 aromatic carbocycles. The van der Waals surface area contributed by atoms with Crippen molar-refractivity contribution < 1.29 is 54.2 Å². The molecule has 3 aliphatic rings. The van der Waals surface area contributed by atoms with Gasteiger partial charge in [0.1, 0.15) is 34.3 Å². The van der Waals surface area contributed by atoms with E-state index < -0.39 is 87.5 Å². The number of Topliss-reactive ketones (excluding diaryl/α,β-unsaturated/α-hetero) is 2. The fraction of sp³-hybridized carbons (Fsp3) is 0.333. The lowest BCUT2D eigenvalue weighted by Crippen LogP contribution is -2.70. The molecule has 3 aliphatic carbocycles. The van der Waals surface area contributed by atoms with E-state index in [2.05, 4.69) is 5.32 Å². The van der Waals surface area contributed by atoms with E-state index in [9.17, 15) is 44.7 Å². The number of likely N-dealkylation sites (N-methyl/N-ethyl adjacent to an activating group) is 1. The molecule has 6 atom stereocenters. The summed E-state index contributed by atoms with van der Waals surface area (Å²) in [6, 6.07) is 7.45. The van der Waals surface area contributed by atoms with E-state index in [1.165, 1.54) is 50.4 Å². The summed E-state index contributed by atoms with van der Waals surface area (Å²) in [4.78, 5) is 53.4. The zero-order valence-corrected chi connectivity index (χ0v) is 24.1. The van der Waals surface area contributed by atoms with Crippen LogP contribution in [0, 0.1) is 11.8 Å². The highest BCUT2D eigenvalue weighted by Gasteiger charge is 2.68. The fourth-order valence-corrected chi connectivity index (χ4v) is 6.60. The van der Waals surface area contributed by atoms with Gasteiger partial charge in [0.05, 0.1) is 36.4 Å². The van der Waals surface area contributed by atoms with Gasteiger partial charge in [-0.2, -0.15) is 0 Å². The molecular formula is C30H31N3O11. The summed E-state index contributed by atoms with van der Waals surface area (Å²) in [6.45, 7) is 1.60. The number of hydrogen-bond donors (Lipinski definition) is 7. The van der Waals surface area contributed by atoms with Gasteiger partial charge in [-0.25, -0.2) is 4.79 Å². The SMILES string of the molecule is COc1ccc(OC(=O)Nc2ccc3c(c2O)C(O)=C2C(=O)C4(O)C(O)=C(C(N)=O)C(=O)C(N(C)C)C4C(O)C2C3C)cc1. The molecule has 1 fully saturated rings. The lowest BCUT2D eigenvalue weighted by Gasteiger charge is -2.53. The van der Waals surface area contributed by atoms with Crippen LogP contribution in [0.25, 0.3) is 5.76 Å². The predicted octanol–water partition coefficient (Wildman–Crippen LogP) is 1.12. The van der Waals surface area contributed by atoms with Gasteiger partial charge < -0.3 is 40.7 Å². The molecule has 1 saturated carbocycles. The monoisotopic (exact) mass is 609 g/mol. The van der Waals surface area contributed by atoms with Crippen molar-refractivity contribution in [2.45, 2.75) is 30.6 Å². The van der Waals surface area contributed by atoms with Crippen LogP contribution in [0.4, 0.5) is 10.5 Å². The highest BCUT2D eigenvalue weighted by molar-refractivity contribution is 6.24. The van der Waals surface area contributed by atoms with E-state index in [0.717, 1.165) is 0 Å². The summed E-state index contributed by atoms with van der Waals surface area (Å²) in [5.41, 5.74) is 0.549. The van der Waals surface area contributed by atoms with Gasteiger partial charge in [-0.05, 0) is 55.9 Å². The maximum absolute atomic E-state index is 14.1. The first-order chi connectivity index (χ1) is 20.7. The summed E-state index contributed by atoms with van der Waals surface area (Å²) in [7, 11) is 4.33. The number of aliphatic hydroxyl groups is 4. The second kappa shape index (κ2) is 10.7. The van der Waals surface area contributed by atoms with Crippen LogP contribution in [0.3, 0.4) is 0 Å². The first-order valence-corrected chi connectivity index (χ1v) is 13.5. The molecule has 0 saturated heterocycles. The van der Waals surface area contributed by atoms with Crippen molar-refractivity contribution in [2.75, 3.05) is 26.5 Å². The second-order valence-electron chi connectivity index (χ2n) is 11.2. The molecule has 6 unspecified atom stereocenters. The molecule has 2 amide bonds. The van der Waals surface area contributed by atoms with Crippen LogP contribution in [0.2, 0.25) is 0 Å². The molecule has 232 valence electrons. The Morgan fingerprint density at radius 3 is 2.20 bits per heavy atom. The van der Waals surface area contributed by atoms with Gasteiger partial charge in [0.2, 0.25) is 5.78 Å². The largest absolute Gasteiger partial charge is 0.508 e. The number of anilines is 1. The van der Waals surface area contributed by atoms with E-state index in [-0.39, 0.29) is 22.6 Å². The summed E-state index contributed by atoms with van der Waals surface area (Å²) in [5.74, 6) is -9.47. The smallest absolute Gasteiger partial charge is 0.417 e. The molecular weight excluding hydrogens is 578 g/mol. The minimum atomic E-state index is -3.03. The number of phenolic OH excluding ortho intramolecular Hbond substituents is 1. The predicted molar refractivity (Wildman–Crippen MR) is 153 cm³/mol. The number of ether oxygens (including phenoxy) is 2. The number of hydrogen-bond acceptors (Lipinski definition) is 12. The number of nitrogens with one attached hydrogen (secondary N) is 1. The average molecular weight is 610 g/mol. The summed E-state index contributed by atoms with van der Waals surface area (Å²) >= 11 is 0. The van der Waals surface area contributed by atoms with Crippen LogP contribution in [0.5, 0.6) is 17.2 Å². The number of carbonyl (C=O) groups excluding carboxylic acids is 4. The molecule has 2 aromatic rings. The normalized spacial score (nSPS) is 27.8. The molecule has 8 N–H and O–H groups in total. The van der Waals surface area contributed by atoms with Crippen LogP contribution < -0.4 is 20.5 Å². The lowest BCUT2D eigenvalue weighted by molar-refractivity contribution is -0.169. The number of rotatable bonds is 5. The number of methoxy groups -OCH3 is 1. The third-order valence-corrected chi connectivity index (χ3v) is 8.64. The Bertz CT molecular complexity index is 1660. The molecule has 5 rings (SSSR count). The molecule has 0 spiro atoms. The maximum atomic E-state index is 14.1. The second-order valence-corrected chi connectivity index (χ2v) is 11.2. The Hall–Kier alpha value is -4.92. The Balaban J connectivity index is 1.60. The number of nitrogens with two attached hydrogens (primary N) is 1. The van der Waals surface area contributed by atoms with Crippen molar-refractivity contribution in [3.8, 4) is 17.2 Å². The molecule has 44 heavy (non-hydrogen) atoms. The third-order valence-electron chi connectivity index (χ3n) is 8.64. The van der Waals surface area contributed by atoms with E-state index in [1.807, 2.05) is 0 Å². The highest BCUT2D eigenvalue weighted by Crippen LogP contribution is 2.56. The third kappa shape index (κ3) is 4.29. The van der Waals surface area contributed by atoms with Crippen molar-refractivity contribution in [1.29, 1.82) is 0 Å². The molecule has 14 heteroatoms. The first-order valence-electron chi connectivity index (χ1n) is 13.5. The standard InChI is InChI=1S/C30H31N3O11/c1-11-14-9-10-15(32-29(41)44-13-7-5-12(43-4)6-8-13)22(34)17(14)23(35)18-16(11)24(36)20-21(33(2)3)25(37)19(28(31)40)27(39)30(20,42)26(18)38/h5-11,16,20-21,24,34-36,39,42H,1-4H3,(H2,31,40)(H,32,41). The minimum Gasteiger partial charge on any atom is -0.508 e. The molecule has 0 radical (unpaired) electrons. The van der Waals surface area contributed by atoms with Crippen molar-refractivity contribution >= 4 is 35.0 Å². The first kappa shape index (κ1) is 30.5. The minimum absolute atomic E-state index is 0.164. The van der Waals surface area contributed by atoms with Crippen LogP contribution in [-0.4, -0.2) is 93.0 Å². The number of amides is 2. The van der Waals surface area contributed by atoms with Crippen LogP contribution in [-0.2, 0) is 14.4 Å². The number of aliphatic hydroxyl groups excluding tert-OH is 3. The van der Waals surface area contributed by atoms with Gasteiger partial charge in [0.15, 0.2) is 11.4 Å². The maximum Gasteiger partial charge on any atom is 0.417 e. The fourth-order valence-electron chi connectivity index (χ4n) is 6.60. The van der Waals surface area contributed by atoms with E-state index in [4.69, 9.17) is 15.2 Å². The van der Waals surface area contributed by atoms with Gasteiger partial charge in [-0.15, -0.1) is 0 Å². The zero-order chi connectivity index (χ0) is 32.4. The van der Waals surface area contributed by atoms with Crippen LogP contribution >= 0.6 is 0 Å². The topological polar surface area (TPSA) is 229 Å². The van der Waals surface area contributed by atoms with Gasteiger partial charge in [0.25, 0.3) is 5.91 Å². The van der Waals surface area contributed by atoms with Crippen molar-refractivity contribution in [3.05, 3.63) is 64.4 Å². The van der Waals surface area contributed by atoms with Gasteiger partial charge >= 0.3 is 6.09 Å². The van der Waals surface area contributed by atoms with Crippen LogP contribution in [0.1, 0.15) is 24.0 Å². The highest BCUT2D eigenvalue weighted by atomic mass is 16.6. The molecule has 14 nitrogen and oxygen atoms in total. The Morgan fingerprint density at radius 1 is 1.02 bits per heavy atom. The molecule has 0 aliphatic heterocycles. The summed E-state index contributed by atoms with van der Waals surface area (Å²) < 4.78 is 10.3. The quantitative estimate of drug-likeness (QED) is 0.187. The molecule has 0 heterocycles. The van der Waals surface area contributed by atoms with Crippen molar-refractivity contribution in [3.63, 3.8) is 0 Å². The van der Waals surface area contributed by atoms with Crippen molar-refractivity contribution in [2.24, 2.45) is 17.6 Å². The van der Waals surface area contributed by atoms with E-state index in [1.54, 1.807) is 19.1 Å². The average Bonchev–Trinajstić information content (AvgIpc) is 2.96. The Labute approximate surface area is 250 Å². The molecule has 0 bridgehead atoms. The molecule has 0 aromatic heterocycles. The van der Waals surface area contributed by atoms with E-state index >= 15 is 0 Å². The number of phenols is 1. The van der Waals surface area contributed by atoms with Crippen LogP contribution in [0.15, 0.2) is 53.3 Å². The number of benzene rings is 2. The van der Waals surface area contributed by atoms with Gasteiger partial charge in [0, 0.05) is 11.5 Å². The van der Waals surface area contributed by atoms with E-state index in [0.29, 0.717) is 5.75 Å². The Morgan fingerprint density at radius 2 is 1.64 bits per heavy atom. The summed E-state index contributed by atoms with van der Waals surface area (Å²) in [5, 5.41) is 59.4. The zero-order valence-electron chi connectivity index (χ0n) is 24.1. The number of primary amides is 1. The number of carbonyl (C=O) groups is 4. The Kier molecular flexibility index (Phi) is 7.40. The summed E-state index contributed by atoms with van der Waals surface area (Å²) in [6.07, 6.45) is -2.71. The lowest BCUT2D eigenvalue weighted by atomic mass is 9.54. The number of aromatic hydroxyl groups is 1.